The number of fused-ring (bicyclic) bond motifs is 1. The van der Waals surface area contributed by atoms with Crippen molar-refractivity contribution in [2.24, 2.45) is 11.1 Å². The number of nitrogens with two attached hydrogens (primary N) is 1. The van der Waals surface area contributed by atoms with Crippen molar-refractivity contribution in [2.75, 3.05) is 0 Å². The van der Waals surface area contributed by atoms with E-state index in [4.69, 9.17) is 10.2 Å². The van der Waals surface area contributed by atoms with Crippen LogP contribution in [0.1, 0.15) is 57.7 Å². The summed E-state index contributed by atoms with van der Waals surface area (Å²) >= 11 is 1.20. The maximum atomic E-state index is 14.9. The van der Waals surface area contributed by atoms with E-state index in [0.717, 1.165) is 53.6 Å². The van der Waals surface area contributed by atoms with Gasteiger partial charge in [0.25, 0.3) is 0 Å². The molecule has 2 heterocycles. The van der Waals surface area contributed by atoms with Crippen LogP contribution in [0.3, 0.4) is 0 Å². The Morgan fingerprint density at radius 3 is 2.52 bits per heavy atom. The Morgan fingerprint density at radius 2 is 1.80 bits per heavy atom. The summed E-state index contributed by atoms with van der Waals surface area (Å²) in [5.74, 6) is -1.57. The lowest BCUT2D eigenvalue weighted by atomic mass is 9.94. The number of carboxylic acids is 1. The number of halogens is 1. The lowest BCUT2D eigenvalue weighted by molar-refractivity contribution is 0.0691. The number of nitrogens with zero attached hydrogens (tertiary/aromatic N) is 3. The summed E-state index contributed by atoms with van der Waals surface area (Å²) in [5, 5.41) is 21.7. The average molecular weight is 629 g/mol. The lowest BCUT2D eigenvalue weighted by Gasteiger charge is -2.11. The maximum absolute atomic E-state index is 14.9. The number of aromatic carboxylic acids is 1. The highest BCUT2D eigenvalue weighted by Crippen LogP contribution is 2.39. The molecule has 3 aromatic carbocycles. The van der Waals surface area contributed by atoms with Gasteiger partial charge in [-0.2, -0.15) is 5.10 Å². The summed E-state index contributed by atoms with van der Waals surface area (Å²) in [6, 6.07) is 18.7. The van der Waals surface area contributed by atoms with Gasteiger partial charge in [0, 0.05) is 22.9 Å². The third-order valence-electron chi connectivity index (χ3n) is 8.41. The SMILES string of the molecule is NS(=O)(=O)c1ccc(Cc2c(-c3cccc(-c4ccc5c(c4)CCC5)c3)nn(-c3nc(C(=O)O)cs3)c2CC2CC2)cc1F. The molecule has 44 heavy (non-hydrogen) atoms. The van der Waals surface area contributed by atoms with E-state index < -0.39 is 26.7 Å². The minimum Gasteiger partial charge on any atom is -0.476 e. The normalized spacial score (nSPS) is 14.6. The van der Waals surface area contributed by atoms with Crippen molar-refractivity contribution in [2.45, 2.75) is 49.8 Å². The predicted octanol–water partition coefficient (Wildman–Crippen LogP) is 6.18. The number of benzene rings is 3. The van der Waals surface area contributed by atoms with Crippen molar-refractivity contribution in [3.8, 4) is 27.5 Å². The van der Waals surface area contributed by atoms with Crippen molar-refractivity contribution in [1.29, 1.82) is 0 Å². The molecule has 7 rings (SSSR count). The van der Waals surface area contributed by atoms with E-state index in [1.807, 2.05) is 12.1 Å². The molecular weight excluding hydrogens is 600 g/mol. The average Bonchev–Trinajstić information content (AvgIpc) is 3.34. The number of primary sulfonamides is 1. The van der Waals surface area contributed by atoms with Crippen LogP contribution in [0.5, 0.6) is 0 Å². The Hall–Kier alpha value is -4.19. The largest absolute Gasteiger partial charge is 0.476 e. The highest BCUT2D eigenvalue weighted by molar-refractivity contribution is 7.89. The molecule has 0 spiro atoms. The van der Waals surface area contributed by atoms with E-state index in [0.29, 0.717) is 28.7 Å². The van der Waals surface area contributed by atoms with E-state index in [1.165, 1.54) is 46.4 Å². The summed E-state index contributed by atoms with van der Waals surface area (Å²) in [6.07, 6.45) is 6.48. The third kappa shape index (κ3) is 5.58. The minimum absolute atomic E-state index is 0.0553. The maximum Gasteiger partial charge on any atom is 0.355 e. The van der Waals surface area contributed by atoms with Crippen LogP contribution in [-0.2, 0) is 35.7 Å². The molecule has 0 aliphatic heterocycles. The number of rotatable bonds is 9. The number of hydrogen-bond acceptors (Lipinski definition) is 6. The van der Waals surface area contributed by atoms with Gasteiger partial charge in [0.05, 0.1) is 11.4 Å². The monoisotopic (exact) mass is 628 g/mol. The summed E-state index contributed by atoms with van der Waals surface area (Å²) < 4.78 is 40.4. The standard InChI is InChI=1S/C33H29FN4O4S2/c34-27-14-20(9-12-30(27)44(35,41)42)13-26-29(15-19-7-8-19)38(33-36-28(18-43-33)32(39)40)37-31(26)25-6-2-5-23(17-25)24-11-10-21-3-1-4-22(21)16-24/h2,5-6,9-12,14,16-19H,1,3-4,7-8,13,15H2,(H,39,40)(H2,35,41,42). The van der Waals surface area contributed by atoms with Crippen LogP contribution in [0.25, 0.3) is 27.5 Å². The van der Waals surface area contributed by atoms with E-state index in [9.17, 15) is 22.7 Å². The molecule has 3 N–H and O–H groups in total. The first-order chi connectivity index (χ1) is 21.1. The summed E-state index contributed by atoms with van der Waals surface area (Å²) in [6.45, 7) is 0. The molecule has 8 nitrogen and oxygen atoms in total. The second kappa shape index (κ2) is 11.1. The third-order valence-corrected chi connectivity index (χ3v) is 10.2. The first-order valence-corrected chi connectivity index (χ1v) is 16.9. The van der Waals surface area contributed by atoms with Gasteiger partial charge >= 0.3 is 5.97 Å². The molecule has 1 fully saturated rings. The van der Waals surface area contributed by atoms with Gasteiger partial charge in [-0.25, -0.2) is 32.4 Å². The molecular formula is C33H29FN4O4S2. The molecule has 2 aliphatic rings. The Morgan fingerprint density at radius 1 is 1.02 bits per heavy atom. The van der Waals surface area contributed by atoms with Gasteiger partial charge < -0.3 is 5.11 Å². The van der Waals surface area contributed by atoms with Crippen LogP contribution in [0.2, 0.25) is 0 Å². The van der Waals surface area contributed by atoms with Gasteiger partial charge in [0.1, 0.15) is 10.7 Å². The van der Waals surface area contributed by atoms with Gasteiger partial charge in [-0.1, -0.05) is 42.5 Å². The van der Waals surface area contributed by atoms with E-state index in [-0.39, 0.29) is 12.1 Å². The van der Waals surface area contributed by atoms with Gasteiger partial charge in [-0.05, 0) is 90.5 Å². The Kier molecular flexibility index (Phi) is 7.19. The topological polar surface area (TPSA) is 128 Å². The van der Waals surface area contributed by atoms with Crippen molar-refractivity contribution < 1.29 is 22.7 Å². The number of sulfonamides is 1. The Balaban J connectivity index is 1.38. The molecule has 0 atom stereocenters. The van der Waals surface area contributed by atoms with Crippen LogP contribution >= 0.6 is 11.3 Å². The lowest BCUT2D eigenvalue weighted by Crippen LogP contribution is -2.14. The fraction of sp³-hybridized carbons (Fsp3) is 0.242. The highest BCUT2D eigenvalue weighted by atomic mass is 32.2. The van der Waals surface area contributed by atoms with Crippen molar-refractivity contribution in [3.63, 3.8) is 0 Å². The number of aryl methyl sites for hydroxylation is 2. The van der Waals surface area contributed by atoms with Gasteiger partial charge in [0.2, 0.25) is 15.2 Å². The number of aromatic nitrogens is 3. The molecule has 0 amide bonds. The quantitative estimate of drug-likeness (QED) is 0.201. The second-order valence-electron chi connectivity index (χ2n) is 11.6. The Bertz CT molecular complexity index is 2050. The van der Waals surface area contributed by atoms with Gasteiger partial charge in [0.15, 0.2) is 5.69 Å². The first kappa shape index (κ1) is 28.6. The highest BCUT2D eigenvalue weighted by Gasteiger charge is 2.30. The smallest absolute Gasteiger partial charge is 0.355 e. The van der Waals surface area contributed by atoms with Crippen molar-refractivity contribution in [1.82, 2.24) is 14.8 Å². The van der Waals surface area contributed by atoms with Gasteiger partial charge in [-0.3, -0.25) is 0 Å². The van der Waals surface area contributed by atoms with E-state index in [1.54, 1.807) is 10.7 Å². The van der Waals surface area contributed by atoms with Crippen LogP contribution in [0.15, 0.2) is 70.9 Å². The second-order valence-corrected chi connectivity index (χ2v) is 13.9. The fourth-order valence-electron chi connectivity index (χ4n) is 6.01. The van der Waals surface area contributed by atoms with Crippen LogP contribution in [-0.4, -0.2) is 34.3 Å². The van der Waals surface area contributed by atoms with Crippen LogP contribution < -0.4 is 5.14 Å². The zero-order valence-corrected chi connectivity index (χ0v) is 25.3. The minimum atomic E-state index is -4.21. The summed E-state index contributed by atoms with van der Waals surface area (Å²) in [5.41, 5.74) is 8.76. The Labute approximate surface area is 258 Å². The van der Waals surface area contributed by atoms with Crippen molar-refractivity contribution >= 4 is 27.3 Å². The molecule has 0 radical (unpaired) electrons. The van der Waals surface area contributed by atoms with Gasteiger partial charge in [-0.15, -0.1) is 11.3 Å². The molecule has 1 saturated carbocycles. The molecule has 0 unspecified atom stereocenters. The summed E-state index contributed by atoms with van der Waals surface area (Å²) in [4.78, 5) is 15.5. The number of thiazole rings is 1. The predicted molar refractivity (Wildman–Crippen MR) is 166 cm³/mol. The van der Waals surface area contributed by atoms with E-state index in [2.05, 4.69) is 35.3 Å². The zero-order chi connectivity index (χ0) is 30.6. The molecule has 5 aromatic rings. The molecule has 2 aromatic heterocycles. The molecule has 224 valence electrons. The van der Waals surface area contributed by atoms with Crippen LogP contribution in [0, 0.1) is 11.7 Å². The molecule has 0 saturated heterocycles. The number of carbonyl (C=O) groups is 1. The first-order valence-electron chi connectivity index (χ1n) is 14.5. The molecule has 2 aliphatic carbocycles. The van der Waals surface area contributed by atoms with Crippen molar-refractivity contribution in [3.05, 3.63) is 106 Å². The number of hydrogen-bond donors (Lipinski definition) is 2. The molecule has 0 bridgehead atoms. The zero-order valence-electron chi connectivity index (χ0n) is 23.7. The fourth-order valence-corrected chi connectivity index (χ4v) is 7.37. The molecule has 11 heteroatoms. The van der Waals surface area contributed by atoms with Crippen LogP contribution in [0.4, 0.5) is 4.39 Å². The number of carboxylic acid groups (broad SMARTS) is 1. The van der Waals surface area contributed by atoms with E-state index >= 15 is 0 Å². The summed E-state index contributed by atoms with van der Waals surface area (Å²) in [7, 11) is -4.21.